The summed E-state index contributed by atoms with van der Waals surface area (Å²) < 4.78 is 5.17. The minimum absolute atomic E-state index is 0.00356. The predicted octanol–water partition coefficient (Wildman–Crippen LogP) is 3.82. The summed E-state index contributed by atoms with van der Waals surface area (Å²) in [4.78, 5) is 41.1. The van der Waals surface area contributed by atoms with E-state index in [2.05, 4.69) is 10.6 Å². The summed E-state index contributed by atoms with van der Waals surface area (Å²) in [6.07, 6.45) is 1.27. The summed E-state index contributed by atoms with van der Waals surface area (Å²) in [7, 11) is 1.57. The van der Waals surface area contributed by atoms with Crippen LogP contribution in [0.4, 0.5) is 0 Å². The highest BCUT2D eigenvalue weighted by atomic mass is 16.5. The Bertz CT molecular complexity index is 1030. The number of hydrogen-bond donors (Lipinski definition) is 2. The van der Waals surface area contributed by atoms with Crippen LogP contribution >= 0.6 is 0 Å². The van der Waals surface area contributed by atoms with Gasteiger partial charge >= 0.3 is 0 Å². The van der Waals surface area contributed by atoms with E-state index >= 15 is 0 Å². The molecule has 7 heteroatoms. The van der Waals surface area contributed by atoms with Crippen LogP contribution < -0.4 is 15.4 Å². The molecule has 2 aromatic rings. The number of nitrogens with zero attached hydrogens (tertiary/aromatic N) is 1. The van der Waals surface area contributed by atoms with Crippen LogP contribution in [0.25, 0.3) is 0 Å². The molecule has 0 radical (unpaired) electrons. The van der Waals surface area contributed by atoms with E-state index in [0.717, 1.165) is 5.56 Å². The SMILES string of the molecule is COc1ccc(C(=O)NC(C(=O)NC(C)C(C)C)C2CCN(C(=O)c3cccc(C)c3)CC2)cc1. The van der Waals surface area contributed by atoms with Crippen LogP contribution in [0.2, 0.25) is 0 Å². The molecule has 3 rings (SSSR count). The smallest absolute Gasteiger partial charge is 0.253 e. The molecule has 0 spiro atoms. The van der Waals surface area contributed by atoms with Gasteiger partial charge in [0, 0.05) is 30.3 Å². The Morgan fingerprint density at radius 1 is 0.943 bits per heavy atom. The number of aryl methyl sites for hydroxylation is 1. The van der Waals surface area contributed by atoms with Crippen molar-refractivity contribution in [2.24, 2.45) is 11.8 Å². The fourth-order valence-electron chi connectivity index (χ4n) is 4.24. The zero-order valence-corrected chi connectivity index (χ0v) is 21.3. The second-order valence-corrected chi connectivity index (χ2v) is 9.72. The summed E-state index contributed by atoms with van der Waals surface area (Å²) in [5.74, 6) is 0.375. The van der Waals surface area contributed by atoms with Gasteiger partial charge in [0.1, 0.15) is 11.8 Å². The zero-order chi connectivity index (χ0) is 25.5. The van der Waals surface area contributed by atoms with Gasteiger partial charge in [-0.25, -0.2) is 0 Å². The average Bonchev–Trinajstić information content (AvgIpc) is 2.86. The molecule has 1 heterocycles. The summed E-state index contributed by atoms with van der Waals surface area (Å²) in [5, 5.41) is 6.04. The Morgan fingerprint density at radius 3 is 2.17 bits per heavy atom. The molecule has 1 aliphatic heterocycles. The molecule has 2 unspecified atom stereocenters. The van der Waals surface area contributed by atoms with Crippen molar-refractivity contribution < 1.29 is 19.1 Å². The minimum Gasteiger partial charge on any atom is -0.497 e. The Kier molecular flexibility index (Phi) is 8.90. The molecule has 0 bridgehead atoms. The molecule has 188 valence electrons. The highest BCUT2D eigenvalue weighted by Gasteiger charge is 2.35. The third kappa shape index (κ3) is 6.84. The van der Waals surface area contributed by atoms with E-state index in [4.69, 9.17) is 4.74 Å². The molecular weight excluding hydrogens is 442 g/mol. The van der Waals surface area contributed by atoms with E-state index in [1.165, 1.54) is 0 Å². The van der Waals surface area contributed by atoms with Crippen molar-refractivity contribution in [2.75, 3.05) is 20.2 Å². The first-order valence-corrected chi connectivity index (χ1v) is 12.3. The van der Waals surface area contributed by atoms with Gasteiger partial charge in [-0.2, -0.15) is 0 Å². The molecule has 7 nitrogen and oxygen atoms in total. The molecular formula is C28H37N3O4. The maximum atomic E-state index is 13.3. The van der Waals surface area contributed by atoms with Crippen LogP contribution in [-0.2, 0) is 4.79 Å². The summed E-state index contributed by atoms with van der Waals surface area (Å²) in [5.41, 5.74) is 2.19. The molecule has 0 saturated carbocycles. The lowest BCUT2D eigenvalue weighted by molar-refractivity contribution is -0.125. The summed E-state index contributed by atoms with van der Waals surface area (Å²) in [6.45, 7) is 9.11. The number of amides is 3. The van der Waals surface area contributed by atoms with Gasteiger partial charge in [0.15, 0.2) is 0 Å². The first-order valence-electron chi connectivity index (χ1n) is 12.3. The lowest BCUT2D eigenvalue weighted by atomic mass is 9.87. The number of methoxy groups -OCH3 is 1. The van der Waals surface area contributed by atoms with Gasteiger partial charge in [0.2, 0.25) is 5.91 Å². The predicted molar refractivity (Wildman–Crippen MR) is 136 cm³/mol. The van der Waals surface area contributed by atoms with E-state index in [0.29, 0.717) is 42.8 Å². The summed E-state index contributed by atoms with van der Waals surface area (Å²) in [6, 6.07) is 13.7. The van der Waals surface area contributed by atoms with Crippen molar-refractivity contribution in [1.29, 1.82) is 0 Å². The third-order valence-electron chi connectivity index (χ3n) is 6.85. The van der Waals surface area contributed by atoms with Gasteiger partial charge in [-0.1, -0.05) is 31.5 Å². The van der Waals surface area contributed by atoms with Crippen LogP contribution in [0.15, 0.2) is 48.5 Å². The largest absolute Gasteiger partial charge is 0.497 e. The first-order chi connectivity index (χ1) is 16.7. The highest BCUT2D eigenvalue weighted by molar-refractivity contribution is 5.98. The van der Waals surface area contributed by atoms with Crippen molar-refractivity contribution in [3.63, 3.8) is 0 Å². The quantitative estimate of drug-likeness (QED) is 0.603. The van der Waals surface area contributed by atoms with Crippen LogP contribution in [0, 0.1) is 18.8 Å². The molecule has 0 aliphatic carbocycles. The lowest BCUT2D eigenvalue weighted by Crippen LogP contribution is -2.55. The van der Waals surface area contributed by atoms with Gasteiger partial charge in [0.05, 0.1) is 7.11 Å². The topological polar surface area (TPSA) is 87.7 Å². The maximum Gasteiger partial charge on any atom is 0.253 e. The third-order valence-corrected chi connectivity index (χ3v) is 6.85. The Hall–Kier alpha value is -3.35. The molecule has 1 saturated heterocycles. The van der Waals surface area contributed by atoms with Gasteiger partial charge in [-0.15, -0.1) is 0 Å². The van der Waals surface area contributed by atoms with E-state index in [-0.39, 0.29) is 35.6 Å². The van der Waals surface area contributed by atoms with Gasteiger partial charge in [0.25, 0.3) is 11.8 Å². The van der Waals surface area contributed by atoms with Crippen molar-refractivity contribution in [2.45, 2.75) is 52.6 Å². The Labute approximate surface area is 208 Å². The average molecular weight is 480 g/mol. The van der Waals surface area contributed by atoms with E-state index in [1.54, 1.807) is 31.4 Å². The van der Waals surface area contributed by atoms with Crippen LogP contribution in [-0.4, -0.2) is 54.9 Å². The number of carbonyl (C=O) groups excluding carboxylic acids is 3. The molecule has 1 fully saturated rings. The number of carbonyl (C=O) groups is 3. The van der Waals surface area contributed by atoms with Crippen molar-refractivity contribution in [1.82, 2.24) is 15.5 Å². The number of rotatable bonds is 8. The molecule has 35 heavy (non-hydrogen) atoms. The number of hydrogen-bond acceptors (Lipinski definition) is 4. The van der Waals surface area contributed by atoms with Gasteiger partial charge in [-0.05, 0) is 74.9 Å². The zero-order valence-electron chi connectivity index (χ0n) is 21.3. The van der Waals surface area contributed by atoms with E-state index in [1.807, 2.05) is 56.9 Å². The van der Waals surface area contributed by atoms with Crippen LogP contribution in [0.3, 0.4) is 0 Å². The van der Waals surface area contributed by atoms with E-state index < -0.39 is 6.04 Å². The lowest BCUT2D eigenvalue weighted by Gasteiger charge is -2.36. The van der Waals surface area contributed by atoms with Crippen LogP contribution in [0.1, 0.15) is 59.9 Å². The van der Waals surface area contributed by atoms with Gasteiger partial charge in [-0.3, -0.25) is 14.4 Å². The highest BCUT2D eigenvalue weighted by Crippen LogP contribution is 2.24. The maximum absolute atomic E-state index is 13.3. The fourth-order valence-corrected chi connectivity index (χ4v) is 4.24. The molecule has 2 atom stereocenters. The van der Waals surface area contributed by atoms with Crippen molar-refractivity contribution in [3.05, 3.63) is 65.2 Å². The number of ether oxygens (including phenoxy) is 1. The second kappa shape index (κ2) is 11.9. The molecule has 1 aliphatic rings. The number of nitrogens with one attached hydrogen (secondary N) is 2. The number of likely N-dealkylation sites (tertiary alicyclic amines) is 1. The number of benzene rings is 2. The van der Waals surface area contributed by atoms with Crippen molar-refractivity contribution >= 4 is 17.7 Å². The Morgan fingerprint density at radius 2 is 1.60 bits per heavy atom. The monoisotopic (exact) mass is 479 g/mol. The minimum atomic E-state index is -0.679. The summed E-state index contributed by atoms with van der Waals surface area (Å²) >= 11 is 0. The van der Waals surface area contributed by atoms with Crippen LogP contribution in [0.5, 0.6) is 5.75 Å². The molecule has 2 N–H and O–H groups in total. The molecule has 2 aromatic carbocycles. The normalized spacial score (nSPS) is 15.9. The fraction of sp³-hybridized carbons (Fsp3) is 0.464. The molecule has 0 aromatic heterocycles. The Balaban J connectivity index is 1.71. The van der Waals surface area contributed by atoms with Crippen molar-refractivity contribution in [3.8, 4) is 5.75 Å². The molecule has 3 amide bonds. The first kappa shape index (κ1) is 26.3. The second-order valence-electron chi connectivity index (χ2n) is 9.72. The number of piperidine rings is 1. The van der Waals surface area contributed by atoms with Gasteiger partial charge < -0.3 is 20.3 Å². The van der Waals surface area contributed by atoms with E-state index in [9.17, 15) is 14.4 Å². The standard InChI is InChI=1S/C28H37N3O4/c1-18(2)20(4)29-27(33)25(30-26(32)22-9-11-24(35-5)12-10-22)21-13-15-31(16-14-21)28(34)23-8-6-7-19(3)17-23/h6-12,17-18,20-21,25H,13-16H2,1-5H3,(H,29,33)(H,30,32).